The molecule has 0 fully saturated rings. The first kappa shape index (κ1) is 9.27. The fraction of sp³-hybridized carbons (Fsp3) is 0.455. The van der Waals surface area contributed by atoms with E-state index in [0.29, 0.717) is 5.92 Å². The Kier molecular flexibility index (Phi) is 2.88. The van der Waals surface area contributed by atoms with Crippen LogP contribution in [0.5, 0.6) is 0 Å². The third-order valence-electron chi connectivity index (χ3n) is 2.39. The number of rotatable bonds is 2. The van der Waals surface area contributed by atoms with E-state index in [0.717, 1.165) is 6.54 Å². The van der Waals surface area contributed by atoms with Crippen molar-refractivity contribution in [2.45, 2.75) is 26.7 Å². The molecule has 1 heteroatoms. The Hall–Kier alpha value is -0.820. The third kappa shape index (κ3) is 1.67. The zero-order valence-electron chi connectivity index (χ0n) is 8.09. The standard InChI is InChI=1S/C11H17N/c1-8-5-4-6-9(2)11(8)10(3)7-12/h4-6,10H,7,12H2,1-3H3. The highest BCUT2D eigenvalue weighted by Gasteiger charge is 2.08. The van der Waals surface area contributed by atoms with E-state index in [1.807, 2.05) is 0 Å². The molecule has 1 atom stereocenters. The van der Waals surface area contributed by atoms with Gasteiger partial charge < -0.3 is 5.73 Å². The molecule has 0 aliphatic heterocycles. The van der Waals surface area contributed by atoms with Crippen LogP contribution in [0.1, 0.15) is 29.5 Å². The van der Waals surface area contributed by atoms with E-state index in [1.54, 1.807) is 0 Å². The lowest BCUT2D eigenvalue weighted by Gasteiger charge is -2.15. The zero-order chi connectivity index (χ0) is 9.14. The Balaban J connectivity index is 3.12. The van der Waals surface area contributed by atoms with Crippen molar-refractivity contribution >= 4 is 0 Å². The highest BCUT2D eigenvalue weighted by Crippen LogP contribution is 2.21. The van der Waals surface area contributed by atoms with Crippen LogP contribution < -0.4 is 5.73 Å². The van der Waals surface area contributed by atoms with Crippen molar-refractivity contribution in [3.8, 4) is 0 Å². The van der Waals surface area contributed by atoms with Gasteiger partial charge in [-0.05, 0) is 43.0 Å². The van der Waals surface area contributed by atoms with Gasteiger partial charge in [-0.25, -0.2) is 0 Å². The van der Waals surface area contributed by atoms with Crippen LogP contribution in [-0.4, -0.2) is 6.54 Å². The van der Waals surface area contributed by atoms with Crippen LogP contribution in [-0.2, 0) is 0 Å². The van der Waals surface area contributed by atoms with E-state index in [1.165, 1.54) is 16.7 Å². The maximum atomic E-state index is 5.64. The lowest BCUT2D eigenvalue weighted by Crippen LogP contribution is -2.11. The number of aryl methyl sites for hydroxylation is 2. The Morgan fingerprint density at radius 1 is 1.25 bits per heavy atom. The molecule has 0 saturated carbocycles. The molecular formula is C11H17N. The molecule has 2 N–H and O–H groups in total. The molecule has 0 radical (unpaired) electrons. The second-order valence-electron chi connectivity index (χ2n) is 3.44. The van der Waals surface area contributed by atoms with E-state index in [4.69, 9.17) is 5.73 Å². The zero-order valence-corrected chi connectivity index (χ0v) is 8.09. The maximum Gasteiger partial charge on any atom is -0.00107 e. The van der Waals surface area contributed by atoms with Crippen molar-refractivity contribution in [1.29, 1.82) is 0 Å². The van der Waals surface area contributed by atoms with Crippen LogP contribution in [0.15, 0.2) is 18.2 Å². The smallest absolute Gasteiger partial charge is 0.00107 e. The molecule has 0 heterocycles. The minimum Gasteiger partial charge on any atom is -0.330 e. The summed E-state index contributed by atoms with van der Waals surface area (Å²) in [5.74, 6) is 0.478. The van der Waals surface area contributed by atoms with Crippen molar-refractivity contribution in [1.82, 2.24) is 0 Å². The van der Waals surface area contributed by atoms with Crippen LogP contribution in [0.2, 0.25) is 0 Å². The molecule has 12 heavy (non-hydrogen) atoms. The minimum atomic E-state index is 0.478. The Morgan fingerprint density at radius 3 is 2.17 bits per heavy atom. The molecule has 0 amide bonds. The number of nitrogens with two attached hydrogens (primary N) is 1. The molecular weight excluding hydrogens is 146 g/mol. The molecule has 66 valence electrons. The van der Waals surface area contributed by atoms with Gasteiger partial charge in [-0.1, -0.05) is 25.1 Å². The molecule has 0 bridgehead atoms. The number of benzene rings is 1. The van der Waals surface area contributed by atoms with E-state index in [-0.39, 0.29) is 0 Å². The predicted octanol–water partition coefficient (Wildman–Crippen LogP) is 2.37. The predicted molar refractivity (Wildman–Crippen MR) is 53.4 cm³/mol. The van der Waals surface area contributed by atoms with Gasteiger partial charge in [0.2, 0.25) is 0 Å². The van der Waals surface area contributed by atoms with E-state index < -0.39 is 0 Å². The molecule has 0 spiro atoms. The van der Waals surface area contributed by atoms with Crippen LogP contribution >= 0.6 is 0 Å². The fourth-order valence-electron chi connectivity index (χ4n) is 1.72. The average Bonchev–Trinajstić information content (AvgIpc) is 2.03. The van der Waals surface area contributed by atoms with Gasteiger partial charge in [-0.3, -0.25) is 0 Å². The summed E-state index contributed by atoms with van der Waals surface area (Å²) in [6.07, 6.45) is 0. The average molecular weight is 163 g/mol. The van der Waals surface area contributed by atoms with Gasteiger partial charge in [-0.2, -0.15) is 0 Å². The molecule has 0 aliphatic rings. The van der Waals surface area contributed by atoms with E-state index in [2.05, 4.69) is 39.0 Å². The number of hydrogen-bond donors (Lipinski definition) is 1. The summed E-state index contributed by atoms with van der Waals surface area (Å²) in [4.78, 5) is 0. The second kappa shape index (κ2) is 3.72. The van der Waals surface area contributed by atoms with Crippen LogP contribution in [0.25, 0.3) is 0 Å². The van der Waals surface area contributed by atoms with Gasteiger partial charge in [0.25, 0.3) is 0 Å². The van der Waals surface area contributed by atoms with Crippen molar-refractivity contribution in [3.63, 3.8) is 0 Å². The van der Waals surface area contributed by atoms with Crippen molar-refractivity contribution in [2.75, 3.05) is 6.54 Å². The number of hydrogen-bond acceptors (Lipinski definition) is 1. The Morgan fingerprint density at radius 2 is 1.75 bits per heavy atom. The fourth-order valence-corrected chi connectivity index (χ4v) is 1.72. The third-order valence-corrected chi connectivity index (χ3v) is 2.39. The van der Waals surface area contributed by atoms with E-state index in [9.17, 15) is 0 Å². The van der Waals surface area contributed by atoms with Crippen molar-refractivity contribution < 1.29 is 0 Å². The molecule has 1 rings (SSSR count). The monoisotopic (exact) mass is 163 g/mol. The second-order valence-corrected chi connectivity index (χ2v) is 3.44. The first-order valence-corrected chi connectivity index (χ1v) is 4.43. The topological polar surface area (TPSA) is 26.0 Å². The summed E-state index contributed by atoms with van der Waals surface area (Å²) in [6, 6.07) is 6.39. The summed E-state index contributed by atoms with van der Waals surface area (Å²) in [6.45, 7) is 7.20. The van der Waals surface area contributed by atoms with E-state index >= 15 is 0 Å². The lowest BCUT2D eigenvalue weighted by molar-refractivity contribution is 0.761. The lowest BCUT2D eigenvalue weighted by atomic mass is 9.92. The normalized spacial score (nSPS) is 13.0. The molecule has 0 aliphatic carbocycles. The summed E-state index contributed by atoms with van der Waals surface area (Å²) in [5.41, 5.74) is 9.77. The van der Waals surface area contributed by atoms with Gasteiger partial charge in [0, 0.05) is 0 Å². The van der Waals surface area contributed by atoms with Gasteiger partial charge >= 0.3 is 0 Å². The minimum absolute atomic E-state index is 0.478. The Labute approximate surface area is 74.6 Å². The highest BCUT2D eigenvalue weighted by atomic mass is 14.5. The molecule has 0 aromatic heterocycles. The van der Waals surface area contributed by atoms with Crippen molar-refractivity contribution in [3.05, 3.63) is 34.9 Å². The molecule has 1 aromatic rings. The van der Waals surface area contributed by atoms with Gasteiger partial charge in [0.05, 0.1) is 0 Å². The van der Waals surface area contributed by atoms with Crippen LogP contribution in [0.4, 0.5) is 0 Å². The van der Waals surface area contributed by atoms with Gasteiger partial charge in [0.15, 0.2) is 0 Å². The first-order chi connectivity index (χ1) is 5.66. The molecule has 1 nitrogen and oxygen atoms in total. The largest absolute Gasteiger partial charge is 0.330 e. The van der Waals surface area contributed by atoms with Crippen LogP contribution in [0, 0.1) is 13.8 Å². The summed E-state index contributed by atoms with van der Waals surface area (Å²) < 4.78 is 0. The SMILES string of the molecule is Cc1cccc(C)c1C(C)CN. The van der Waals surface area contributed by atoms with Gasteiger partial charge in [0.1, 0.15) is 0 Å². The first-order valence-electron chi connectivity index (χ1n) is 4.43. The van der Waals surface area contributed by atoms with Crippen LogP contribution in [0.3, 0.4) is 0 Å². The summed E-state index contributed by atoms with van der Waals surface area (Å²) >= 11 is 0. The quantitative estimate of drug-likeness (QED) is 0.711. The summed E-state index contributed by atoms with van der Waals surface area (Å²) in [7, 11) is 0. The molecule has 0 saturated heterocycles. The maximum absolute atomic E-state index is 5.64. The van der Waals surface area contributed by atoms with Crippen molar-refractivity contribution in [2.24, 2.45) is 5.73 Å². The Bertz CT molecular complexity index is 245. The highest BCUT2D eigenvalue weighted by molar-refractivity contribution is 5.36. The molecule has 1 aromatic carbocycles. The molecule has 1 unspecified atom stereocenters. The van der Waals surface area contributed by atoms with Gasteiger partial charge in [-0.15, -0.1) is 0 Å². The summed E-state index contributed by atoms with van der Waals surface area (Å²) in [5, 5.41) is 0.